The van der Waals surface area contributed by atoms with Crippen LogP contribution in [0.15, 0.2) is 78.9 Å². The first-order valence-electron chi connectivity index (χ1n) is 8.88. The van der Waals surface area contributed by atoms with E-state index in [1.165, 1.54) is 12.5 Å². The van der Waals surface area contributed by atoms with E-state index in [4.69, 9.17) is 0 Å². The summed E-state index contributed by atoms with van der Waals surface area (Å²) in [4.78, 5) is 23.7. The molecule has 3 aromatic carbocycles. The zero-order chi connectivity index (χ0) is 19.1. The summed E-state index contributed by atoms with van der Waals surface area (Å²) in [6, 6.07) is 25.2. The second-order valence-corrected chi connectivity index (χ2v) is 6.38. The Bertz CT molecular complexity index is 919. The van der Waals surface area contributed by atoms with Crippen LogP contribution in [0.25, 0.3) is 0 Å². The Morgan fingerprint density at radius 1 is 0.778 bits per heavy atom. The van der Waals surface area contributed by atoms with E-state index in [1.54, 1.807) is 0 Å². The van der Waals surface area contributed by atoms with Crippen LogP contribution in [0, 0.1) is 0 Å². The van der Waals surface area contributed by atoms with Gasteiger partial charge in [-0.25, -0.2) is 0 Å². The van der Waals surface area contributed by atoms with Gasteiger partial charge < -0.3 is 10.6 Å². The zero-order valence-electron chi connectivity index (χ0n) is 15.2. The van der Waals surface area contributed by atoms with E-state index in [-0.39, 0.29) is 11.8 Å². The number of amides is 2. The third-order valence-corrected chi connectivity index (χ3v) is 4.23. The van der Waals surface area contributed by atoms with Crippen molar-refractivity contribution in [3.05, 3.63) is 101 Å². The summed E-state index contributed by atoms with van der Waals surface area (Å²) in [7, 11) is 0. The molecule has 3 rings (SSSR count). The normalized spacial score (nSPS) is 10.3. The van der Waals surface area contributed by atoms with Crippen LogP contribution in [0.2, 0.25) is 0 Å². The van der Waals surface area contributed by atoms with Crippen molar-refractivity contribution in [3.8, 4) is 0 Å². The smallest absolute Gasteiger partial charge is 0.251 e. The SMILES string of the molecule is CC(=O)Nc1ccc(CNC(=O)c2ccccc2Cc2ccccc2)cc1. The molecule has 0 atom stereocenters. The van der Waals surface area contributed by atoms with Crippen molar-refractivity contribution in [2.24, 2.45) is 0 Å². The summed E-state index contributed by atoms with van der Waals surface area (Å²) < 4.78 is 0. The highest BCUT2D eigenvalue weighted by atomic mass is 16.2. The molecule has 0 saturated heterocycles. The van der Waals surface area contributed by atoms with Crippen LogP contribution in [0.4, 0.5) is 5.69 Å². The maximum atomic E-state index is 12.7. The van der Waals surface area contributed by atoms with Gasteiger partial charge in [-0.05, 0) is 41.3 Å². The highest BCUT2D eigenvalue weighted by Gasteiger charge is 2.11. The van der Waals surface area contributed by atoms with Gasteiger partial charge in [-0.2, -0.15) is 0 Å². The van der Waals surface area contributed by atoms with Crippen LogP contribution >= 0.6 is 0 Å². The molecule has 0 fully saturated rings. The number of rotatable bonds is 6. The average molecular weight is 358 g/mol. The monoisotopic (exact) mass is 358 g/mol. The van der Waals surface area contributed by atoms with E-state index in [1.807, 2.05) is 66.7 Å². The van der Waals surface area contributed by atoms with E-state index in [0.29, 0.717) is 12.1 Å². The number of hydrogen-bond acceptors (Lipinski definition) is 2. The Morgan fingerprint density at radius 2 is 1.44 bits per heavy atom. The molecule has 4 nitrogen and oxygen atoms in total. The Kier molecular flexibility index (Phi) is 6.00. The van der Waals surface area contributed by atoms with Gasteiger partial charge in [0.1, 0.15) is 0 Å². The average Bonchev–Trinajstić information content (AvgIpc) is 2.68. The quantitative estimate of drug-likeness (QED) is 0.695. The number of hydrogen-bond donors (Lipinski definition) is 2. The predicted molar refractivity (Wildman–Crippen MR) is 108 cm³/mol. The molecule has 2 N–H and O–H groups in total. The summed E-state index contributed by atoms with van der Waals surface area (Å²) in [6.07, 6.45) is 0.718. The molecule has 3 aromatic rings. The third kappa shape index (κ3) is 5.28. The van der Waals surface area contributed by atoms with Crippen molar-refractivity contribution in [3.63, 3.8) is 0 Å². The lowest BCUT2D eigenvalue weighted by Crippen LogP contribution is -2.24. The van der Waals surface area contributed by atoms with Crippen LogP contribution in [-0.4, -0.2) is 11.8 Å². The van der Waals surface area contributed by atoms with E-state index in [9.17, 15) is 9.59 Å². The fourth-order valence-electron chi connectivity index (χ4n) is 2.90. The number of nitrogens with one attached hydrogen (secondary N) is 2. The molecule has 0 bridgehead atoms. The molecule has 0 radical (unpaired) electrons. The lowest BCUT2D eigenvalue weighted by Gasteiger charge is -2.11. The molecule has 0 spiro atoms. The lowest BCUT2D eigenvalue weighted by atomic mass is 9.99. The first kappa shape index (κ1) is 18.4. The van der Waals surface area contributed by atoms with Crippen LogP contribution in [-0.2, 0) is 17.8 Å². The highest BCUT2D eigenvalue weighted by Crippen LogP contribution is 2.15. The van der Waals surface area contributed by atoms with Crippen molar-refractivity contribution in [1.82, 2.24) is 5.32 Å². The Morgan fingerprint density at radius 3 is 2.15 bits per heavy atom. The molecular formula is C23H22N2O2. The highest BCUT2D eigenvalue weighted by molar-refractivity contribution is 5.95. The molecule has 0 aliphatic rings. The summed E-state index contributed by atoms with van der Waals surface area (Å²) in [5.74, 6) is -0.196. The minimum Gasteiger partial charge on any atom is -0.348 e. The van der Waals surface area contributed by atoms with Crippen LogP contribution in [0.3, 0.4) is 0 Å². The van der Waals surface area contributed by atoms with Gasteiger partial charge in [-0.15, -0.1) is 0 Å². The van der Waals surface area contributed by atoms with E-state index < -0.39 is 0 Å². The maximum absolute atomic E-state index is 12.7. The van der Waals surface area contributed by atoms with Crippen molar-refractivity contribution in [2.45, 2.75) is 19.9 Å². The topological polar surface area (TPSA) is 58.2 Å². The van der Waals surface area contributed by atoms with Crippen molar-refractivity contribution >= 4 is 17.5 Å². The predicted octanol–water partition coefficient (Wildman–Crippen LogP) is 4.17. The maximum Gasteiger partial charge on any atom is 0.251 e. The second-order valence-electron chi connectivity index (χ2n) is 6.38. The molecule has 0 unspecified atom stereocenters. The molecule has 0 heterocycles. The molecule has 2 amide bonds. The molecule has 0 saturated carbocycles. The third-order valence-electron chi connectivity index (χ3n) is 4.23. The van der Waals surface area contributed by atoms with Gasteiger partial charge in [-0.1, -0.05) is 60.7 Å². The minimum atomic E-state index is -0.105. The van der Waals surface area contributed by atoms with Gasteiger partial charge >= 0.3 is 0 Å². The number of carbonyl (C=O) groups is 2. The minimum absolute atomic E-state index is 0.0903. The first-order valence-corrected chi connectivity index (χ1v) is 8.88. The fraction of sp³-hybridized carbons (Fsp3) is 0.130. The largest absolute Gasteiger partial charge is 0.348 e. The van der Waals surface area contributed by atoms with Gasteiger partial charge in [0.2, 0.25) is 5.91 Å². The molecule has 27 heavy (non-hydrogen) atoms. The molecular weight excluding hydrogens is 336 g/mol. The molecule has 4 heteroatoms. The van der Waals surface area contributed by atoms with Crippen LogP contribution in [0.5, 0.6) is 0 Å². The molecule has 0 aliphatic carbocycles. The fourth-order valence-corrected chi connectivity index (χ4v) is 2.90. The van der Waals surface area contributed by atoms with Gasteiger partial charge in [0.15, 0.2) is 0 Å². The van der Waals surface area contributed by atoms with Crippen LogP contribution < -0.4 is 10.6 Å². The summed E-state index contributed by atoms with van der Waals surface area (Å²) >= 11 is 0. The van der Waals surface area contributed by atoms with Gasteiger partial charge in [0, 0.05) is 24.7 Å². The van der Waals surface area contributed by atoms with Crippen LogP contribution in [0.1, 0.15) is 34.0 Å². The standard InChI is InChI=1S/C23H22N2O2/c1-17(26)25-21-13-11-19(12-14-21)16-24-23(27)22-10-6-5-9-20(22)15-18-7-3-2-4-8-18/h2-14H,15-16H2,1H3,(H,24,27)(H,25,26). The Hall–Kier alpha value is -3.40. The first-order chi connectivity index (χ1) is 13.1. The zero-order valence-corrected chi connectivity index (χ0v) is 15.2. The van der Waals surface area contributed by atoms with Crippen molar-refractivity contribution < 1.29 is 9.59 Å². The van der Waals surface area contributed by atoms with E-state index >= 15 is 0 Å². The summed E-state index contributed by atoms with van der Waals surface area (Å²) in [6.45, 7) is 1.90. The molecule has 136 valence electrons. The number of benzene rings is 3. The van der Waals surface area contributed by atoms with Gasteiger partial charge in [-0.3, -0.25) is 9.59 Å². The molecule has 0 aliphatic heterocycles. The Balaban J connectivity index is 1.65. The number of carbonyl (C=O) groups excluding carboxylic acids is 2. The van der Waals surface area contributed by atoms with Crippen molar-refractivity contribution in [1.29, 1.82) is 0 Å². The summed E-state index contributed by atoms with van der Waals surface area (Å²) in [5, 5.41) is 5.70. The van der Waals surface area contributed by atoms with Crippen molar-refractivity contribution in [2.75, 3.05) is 5.32 Å². The number of anilines is 1. The summed E-state index contributed by atoms with van der Waals surface area (Å²) in [5.41, 5.74) is 4.58. The Labute approximate surface area is 159 Å². The van der Waals surface area contributed by atoms with Gasteiger partial charge in [0.05, 0.1) is 0 Å². The molecule has 0 aromatic heterocycles. The van der Waals surface area contributed by atoms with Gasteiger partial charge in [0.25, 0.3) is 5.91 Å². The van der Waals surface area contributed by atoms with E-state index in [2.05, 4.69) is 22.8 Å². The van der Waals surface area contributed by atoms with E-state index in [0.717, 1.165) is 23.2 Å². The lowest BCUT2D eigenvalue weighted by molar-refractivity contribution is -0.114. The second kappa shape index (κ2) is 8.81.